The van der Waals surface area contributed by atoms with Gasteiger partial charge in [0.1, 0.15) is 18.3 Å². The molecule has 1 atom stereocenters. The molecule has 0 saturated heterocycles. The Morgan fingerprint density at radius 3 is 2.43 bits per heavy atom. The number of rotatable bonds is 7. The highest BCUT2D eigenvalue weighted by molar-refractivity contribution is 5.84. The number of carbonyl (C=O) groups excluding carboxylic acids is 1. The van der Waals surface area contributed by atoms with Gasteiger partial charge in [-0.3, -0.25) is 4.79 Å². The monoisotopic (exact) mass is 304 g/mol. The van der Waals surface area contributed by atoms with Crippen molar-refractivity contribution >= 4 is 11.6 Å². The van der Waals surface area contributed by atoms with Gasteiger partial charge >= 0.3 is 6.18 Å². The van der Waals surface area contributed by atoms with Gasteiger partial charge in [0.05, 0.1) is 6.61 Å². The smallest absolute Gasteiger partial charge is 0.405 e. The Hall–Kier alpha value is -1.92. The lowest BCUT2D eigenvalue weighted by Crippen LogP contribution is -2.42. The van der Waals surface area contributed by atoms with Gasteiger partial charge in [0.2, 0.25) is 5.91 Å². The molecule has 21 heavy (non-hydrogen) atoms. The molecule has 1 amide bonds. The van der Waals surface area contributed by atoms with Crippen LogP contribution >= 0.6 is 0 Å². The second-order valence-electron chi connectivity index (χ2n) is 4.57. The lowest BCUT2D eigenvalue weighted by molar-refractivity contribution is -0.138. The van der Waals surface area contributed by atoms with Crippen LogP contribution in [0.1, 0.15) is 20.3 Å². The number of nitrogens with one attached hydrogen (secondary N) is 2. The molecule has 0 aromatic heterocycles. The molecule has 1 aromatic rings. The van der Waals surface area contributed by atoms with E-state index in [2.05, 4.69) is 5.32 Å². The van der Waals surface area contributed by atoms with Gasteiger partial charge in [-0.1, -0.05) is 6.92 Å². The Morgan fingerprint density at radius 1 is 1.29 bits per heavy atom. The number of carbonyl (C=O) groups is 1. The molecule has 0 bridgehead atoms. The van der Waals surface area contributed by atoms with E-state index >= 15 is 0 Å². The van der Waals surface area contributed by atoms with E-state index in [1.165, 1.54) is 6.92 Å². The minimum atomic E-state index is -4.41. The van der Waals surface area contributed by atoms with Crippen LogP contribution in [0.15, 0.2) is 24.3 Å². The molecule has 118 valence electrons. The van der Waals surface area contributed by atoms with Crippen molar-refractivity contribution in [1.29, 1.82) is 0 Å². The third-order valence-corrected chi connectivity index (χ3v) is 2.57. The predicted octanol–water partition coefficient (Wildman–Crippen LogP) is 2.95. The maximum atomic E-state index is 12.0. The number of hydrogen-bond acceptors (Lipinski definition) is 3. The van der Waals surface area contributed by atoms with E-state index in [1.807, 2.05) is 12.2 Å². The molecule has 1 unspecified atom stereocenters. The van der Waals surface area contributed by atoms with Gasteiger partial charge in [0.25, 0.3) is 0 Å². The maximum Gasteiger partial charge on any atom is 0.405 e. The first-order chi connectivity index (χ1) is 9.81. The first-order valence-electron chi connectivity index (χ1n) is 6.65. The van der Waals surface area contributed by atoms with Crippen molar-refractivity contribution in [1.82, 2.24) is 5.32 Å². The molecule has 0 heterocycles. The fourth-order valence-corrected chi connectivity index (χ4v) is 1.52. The third-order valence-electron chi connectivity index (χ3n) is 2.57. The van der Waals surface area contributed by atoms with E-state index in [-0.39, 0.29) is 0 Å². The zero-order valence-corrected chi connectivity index (χ0v) is 12.0. The summed E-state index contributed by atoms with van der Waals surface area (Å²) >= 11 is 0. The molecule has 7 heteroatoms. The van der Waals surface area contributed by atoms with Crippen molar-refractivity contribution in [2.24, 2.45) is 0 Å². The highest BCUT2D eigenvalue weighted by Gasteiger charge is 2.28. The SMILES string of the molecule is CCCOc1ccc(NC(C)C(=O)NCC(F)(F)F)cc1. The van der Waals surface area contributed by atoms with E-state index in [1.54, 1.807) is 24.3 Å². The fourth-order valence-electron chi connectivity index (χ4n) is 1.52. The summed E-state index contributed by atoms with van der Waals surface area (Å²) in [6.45, 7) is 2.77. The number of ether oxygens (including phenoxy) is 1. The van der Waals surface area contributed by atoms with E-state index in [0.29, 0.717) is 18.0 Å². The summed E-state index contributed by atoms with van der Waals surface area (Å²) in [5.41, 5.74) is 0.633. The van der Waals surface area contributed by atoms with Crippen LogP contribution in [0, 0.1) is 0 Å². The second-order valence-corrected chi connectivity index (χ2v) is 4.57. The Kier molecular flexibility index (Phi) is 6.33. The quantitative estimate of drug-likeness (QED) is 0.814. The zero-order chi connectivity index (χ0) is 15.9. The molecule has 0 aliphatic carbocycles. The van der Waals surface area contributed by atoms with E-state index in [0.717, 1.165) is 6.42 Å². The van der Waals surface area contributed by atoms with Crippen molar-refractivity contribution in [2.45, 2.75) is 32.5 Å². The topological polar surface area (TPSA) is 50.4 Å². The molecule has 1 aromatic carbocycles. The summed E-state index contributed by atoms with van der Waals surface area (Å²) in [4.78, 5) is 11.5. The standard InChI is InChI=1S/C14H19F3N2O2/c1-3-8-21-12-6-4-11(5-7-12)19-10(2)13(20)18-9-14(15,16)17/h4-7,10,19H,3,8-9H2,1-2H3,(H,18,20). The van der Waals surface area contributed by atoms with Gasteiger partial charge in [0, 0.05) is 5.69 Å². The molecule has 0 spiro atoms. The van der Waals surface area contributed by atoms with Gasteiger partial charge in [-0.2, -0.15) is 13.2 Å². The fraction of sp³-hybridized carbons (Fsp3) is 0.500. The van der Waals surface area contributed by atoms with Crippen LogP contribution in [0.4, 0.5) is 18.9 Å². The van der Waals surface area contributed by atoms with Crippen LogP contribution in [0.3, 0.4) is 0 Å². The maximum absolute atomic E-state index is 12.0. The van der Waals surface area contributed by atoms with Gasteiger partial charge in [-0.05, 0) is 37.6 Å². The van der Waals surface area contributed by atoms with Gasteiger partial charge in [-0.25, -0.2) is 0 Å². The number of alkyl halides is 3. The number of hydrogen-bond donors (Lipinski definition) is 2. The summed E-state index contributed by atoms with van der Waals surface area (Å²) < 4.78 is 41.4. The molecule has 1 rings (SSSR count). The summed E-state index contributed by atoms with van der Waals surface area (Å²) in [5.74, 6) is -0.00443. The van der Waals surface area contributed by atoms with Gasteiger partial charge < -0.3 is 15.4 Å². The molecule has 0 aliphatic heterocycles. The second kappa shape index (κ2) is 7.75. The van der Waals surface area contributed by atoms with Crippen molar-refractivity contribution in [2.75, 3.05) is 18.5 Å². The van der Waals surface area contributed by atoms with Crippen LogP contribution in [0.2, 0.25) is 0 Å². The number of halogens is 3. The predicted molar refractivity (Wildman–Crippen MR) is 74.4 cm³/mol. The Balaban J connectivity index is 2.46. The normalized spacial score (nSPS) is 12.6. The van der Waals surface area contributed by atoms with E-state index in [9.17, 15) is 18.0 Å². The Morgan fingerprint density at radius 2 is 1.90 bits per heavy atom. The number of anilines is 1. The van der Waals surface area contributed by atoms with Gasteiger partial charge in [-0.15, -0.1) is 0 Å². The zero-order valence-electron chi connectivity index (χ0n) is 12.0. The number of amides is 1. The molecular formula is C14H19F3N2O2. The van der Waals surface area contributed by atoms with E-state index in [4.69, 9.17) is 4.74 Å². The Bertz CT molecular complexity index is 447. The first kappa shape index (κ1) is 17.1. The molecule has 0 saturated carbocycles. The third kappa shape index (κ3) is 6.87. The molecule has 0 aliphatic rings. The van der Waals surface area contributed by atoms with Crippen LogP contribution < -0.4 is 15.4 Å². The minimum Gasteiger partial charge on any atom is -0.494 e. The lowest BCUT2D eigenvalue weighted by Gasteiger charge is -2.16. The van der Waals surface area contributed by atoms with Crippen LogP contribution in [0.5, 0.6) is 5.75 Å². The summed E-state index contributed by atoms with van der Waals surface area (Å²) in [6.07, 6.45) is -3.51. The largest absolute Gasteiger partial charge is 0.494 e. The molecular weight excluding hydrogens is 285 g/mol. The lowest BCUT2D eigenvalue weighted by atomic mass is 10.2. The van der Waals surface area contributed by atoms with Crippen molar-refractivity contribution in [3.63, 3.8) is 0 Å². The Labute approximate surface area is 121 Å². The van der Waals surface area contributed by atoms with Crippen LogP contribution in [-0.4, -0.2) is 31.3 Å². The summed E-state index contributed by atoms with van der Waals surface area (Å²) in [6, 6.07) is 6.11. The van der Waals surface area contributed by atoms with Gasteiger partial charge in [0.15, 0.2) is 0 Å². The molecule has 2 N–H and O–H groups in total. The molecule has 0 fully saturated rings. The highest BCUT2D eigenvalue weighted by Crippen LogP contribution is 2.17. The number of benzene rings is 1. The first-order valence-corrected chi connectivity index (χ1v) is 6.65. The molecule has 4 nitrogen and oxygen atoms in total. The van der Waals surface area contributed by atoms with Crippen LogP contribution in [0.25, 0.3) is 0 Å². The summed E-state index contributed by atoms with van der Waals surface area (Å²) in [7, 11) is 0. The molecule has 0 radical (unpaired) electrons. The van der Waals surface area contributed by atoms with Crippen molar-refractivity contribution in [3.8, 4) is 5.75 Å². The van der Waals surface area contributed by atoms with Crippen LogP contribution in [-0.2, 0) is 4.79 Å². The average Bonchev–Trinajstić information content (AvgIpc) is 2.43. The minimum absolute atomic E-state index is 0.614. The summed E-state index contributed by atoms with van der Waals surface area (Å²) in [5, 5.41) is 4.66. The van der Waals surface area contributed by atoms with E-state index < -0.39 is 24.7 Å². The van der Waals surface area contributed by atoms with Crippen molar-refractivity contribution in [3.05, 3.63) is 24.3 Å². The highest BCUT2D eigenvalue weighted by atomic mass is 19.4. The van der Waals surface area contributed by atoms with Crippen molar-refractivity contribution < 1.29 is 22.7 Å². The average molecular weight is 304 g/mol.